The molecule has 3 aliphatic rings. The molecule has 13 nitrogen and oxygen atoms in total. The van der Waals surface area contributed by atoms with Crippen molar-refractivity contribution in [3.8, 4) is 0 Å². The van der Waals surface area contributed by atoms with Crippen LogP contribution in [-0.4, -0.2) is 84.4 Å². The molecule has 266 valence electrons. The van der Waals surface area contributed by atoms with Gasteiger partial charge in [0.1, 0.15) is 17.5 Å². The van der Waals surface area contributed by atoms with E-state index in [4.69, 9.17) is 9.84 Å². The third-order valence-corrected chi connectivity index (χ3v) is 10.9. The van der Waals surface area contributed by atoms with Crippen LogP contribution >= 0.6 is 0 Å². The van der Waals surface area contributed by atoms with Gasteiger partial charge in [-0.15, -0.1) is 6.58 Å². The summed E-state index contributed by atoms with van der Waals surface area (Å²) in [7, 11) is -2.75. The molecule has 1 aromatic carbocycles. The van der Waals surface area contributed by atoms with Gasteiger partial charge in [0.2, 0.25) is 5.91 Å². The number of carboxylic acid groups (broad SMARTS) is 1. The van der Waals surface area contributed by atoms with E-state index < -0.39 is 57.7 Å². The second-order valence-electron chi connectivity index (χ2n) is 13.0. The molecule has 4 atom stereocenters. The SMILES string of the molecule is C=C[C@@H]1C[C@@]1(NC(=O)[C@H]1C[C@@H](OC(=O)N2Cc3cccc(F)c3C2)CN1)C(=O)NS(=O)(=O)N(C)CCCCCCCCCCCC(=O)O. The maximum Gasteiger partial charge on any atom is 0.410 e. The number of carboxylic acids is 1. The van der Waals surface area contributed by atoms with Gasteiger partial charge in [-0.25, -0.2) is 13.9 Å². The number of fused-ring (bicyclic) bond motifs is 1. The van der Waals surface area contributed by atoms with Crippen molar-refractivity contribution in [1.29, 1.82) is 0 Å². The highest BCUT2D eigenvalue weighted by molar-refractivity contribution is 7.87. The molecule has 1 aromatic rings. The van der Waals surface area contributed by atoms with Crippen molar-refractivity contribution >= 4 is 34.1 Å². The molecule has 0 radical (unpaired) electrons. The highest BCUT2D eigenvalue weighted by Crippen LogP contribution is 2.45. The Morgan fingerprint density at radius 1 is 1.10 bits per heavy atom. The zero-order valence-electron chi connectivity index (χ0n) is 27.5. The first-order chi connectivity index (χ1) is 22.9. The second kappa shape index (κ2) is 16.7. The van der Waals surface area contributed by atoms with Gasteiger partial charge in [-0.05, 0) is 30.9 Å². The molecule has 0 bridgehead atoms. The number of amides is 3. The Hall–Kier alpha value is -3.56. The minimum atomic E-state index is -4.15. The number of carbonyl (C=O) groups is 4. The van der Waals surface area contributed by atoms with Crippen LogP contribution < -0.4 is 15.4 Å². The van der Waals surface area contributed by atoms with Crippen LogP contribution in [0, 0.1) is 11.7 Å². The number of nitrogens with zero attached hydrogens (tertiary/aromatic N) is 2. The van der Waals surface area contributed by atoms with Gasteiger partial charge in [-0.2, -0.15) is 12.7 Å². The minimum Gasteiger partial charge on any atom is -0.481 e. The maximum atomic E-state index is 14.1. The van der Waals surface area contributed by atoms with Crippen molar-refractivity contribution < 1.29 is 41.8 Å². The number of ether oxygens (including phenoxy) is 1. The average Bonchev–Trinajstić information content (AvgIpc) is 3.33. The topological polar surface area (TPSA) is 174 Å². The van der Waals surface area contributed by atoms with Crippen LogP contribution in [0.15, 0.2) is 30.9 Å². The number of hydrogen-bond donors (Lipinski definition) is 4. The molecule has 2 heterocycles. The molecule has 1 saturated carbocycles. The van der Waals surface area contributed by atoms with E-state index in [9.17, 15) is 32.0 Å². The summed E-state index contributed by atoms with van der Waals surface area (Å²) in [6.45, 7) is 4.49. The number of unbranched alkanes of at least 4 members (excludes halogenated alkanes) is 8. The van der Waals surface area contributed by atoms with E-state index in [1.165, 1.54) is 24.1 Å². The number of nitrogens with one attached hydrogen (secondary N) is 3. The smallest absolute Gasteiger partial charge is 0.410 e. The van der Waals surface area contributed by atoms with Crippen LogP contribution in [0.1, 0.15) is 88.2 Å². The fourth-order valence-electron chi connectivity index (χ4n) is 6.32. The maximum absolute atomic E-state index is 14.1. The highest BCUT2D eigenvalue weighted by Gasteiger charge is 2.61. The van der Waals surface area contributed by atoms with E-state index in [2.05, 4.69) is 21.9 Å². The van der Waals surface area contributed by atoms with Crippen LogP contribution in [0.4, 0.5) is 9.18 Å². The van der Waals surface area contributed by atoms with Gasteiger partial charge in [0.15, 0.2) is 0 Å². The quantitative estimate of drug-likeness (QED) is 0.125. The van der Waals surface area contributed by atoms with Crippen LogP contribution in [0.5, 0.6) is 0 Å². The average molecular weight is 694 g/mol. The van der Waals surface area contributed by atoms with Gasteiger partial charge in [-0.3, -0.25) is 19.3 Å². The second-order valence-corrected chi connectivity index (χ2v) is 14.8. The van der Waals surface area contributed by atoms with Crippen molar-refractivity contribution in [2.45, 2.75) is 108 Å². The highest BCUT2D eigenvalue weighted by atomic mass is 32.2. The fourth-order valence-corrected chi connectivity index (χ4v) is 7.26. The van der Waals surface area contributed by atoms with Gasteiger partial charge in [-0.1, -0.05) is 63.2 Å². The fraction of sp³-hybridized carbons (Fsp3) is 0.636. The molecule has 15 heteroatoms. The first kappa shape index (κ1) is 37.3. The van der Waals surface area contributed by atoms with E-state index in [1.807, 2.05) is 0 Å². The largest absolute Gasteiger partial charge is 0.481 e. The summed E-state index contributed by atoms with van der Waals surface area (Å²) in [5.41, 5.74) is -0.277. The Morgan fingerprint density at radius 3 is 2.40 bits per heavy atom. The van der Waals surface area contributed by atoms with E-state index in [0.717, 1.165) is 54.8 Å². The van der Waals surface area contributed by atoms with Crippen LogP contribution in [0.3, 0.4) is 0 Å². The van der Waals surface area contributed by atoms with Gasteiger partial charge in [0, 0.05) is 51.0 Å². The third-order valence-electron chi connectivity index (χ3n) is 9.41. The zero-order valence-corrected chi connectivity index (χ0v) is 28.4. The minimum absolute atomic E-state index is 0.101. The zero-order chi connectivity index (χ0) is 34.9. The molecule has 1 aliphatic carbocycles. The van der Waals surface area contributed by atoms with Gasteiger partial charge in [0.25, 0.3) is 5.91 Å². The summed E-state index contributed by atoms with van der Waals surface area (Å²) >= 11 is 0. The van der Waals surface area contributed by atoms with Crippen molar-refractivity contribution in [1.82, 2.24) is 24.6 Å². The first-order valence-electron chi connectivity index (χ1n) is 16.8. The number of carbonyl (C=O) groups excluding carboxylic acids is 3. The van der Waals surface area contributed by atoms with E-state index in [0.29, 0.717) is 18.4 Å². The number of halogens is 1. The van der Waals surface area contributed by atoms with E-state index in [-0.39, 0.29) is 51.3 Å². The summed E-state index contributed by atoms with van der Waals surface area (Å²) in [4.78, 5) is 51.2. The number of benzene rings is 1. The molecule has 0 unspecified atom stereocenters. The Balaban J connectivity index is 1.17. The van der Waals surface area contributed by atoms with E-state index >= 15 is 0 Å². The lowest BCUT2D eigenvalue weighted by molar-refractivity contribution is -0.137. The molecule has 3 amide bonds. The lowest BCUT2D eigenvalue weighted by Gasteiger charge is -2.23. The Labute approximate surface area is 281 Å². The Bertz CT molecular complexity index is 1460. The molecule has 48 heavy (non-hydrogen) atoms. The lowest BCUT2D eigenvalue weighted by Crippen LogP contribution is -2.56. The van der Waals surface area contributed by atoms with Gasteiger partial charge >= 0.3 is 22.3 Å². The molecule has 1 saturated heterocycles. The summed E-state index contributed by atoms with van der Waals surface area (Å²) in [6.07, 6.45) is 8.99. The molecule has 4 N–H and O–H groups in total. The number of hydrogen-bond acceptors (Lipinski definition) is 8. The molecule has 0 spiro atoms. The van der Waals surface area contributed by atoms with Crippen LogP contribution in [0.2, 0.25) is 0 Å². The molecular formula is C33H48FN5O8S. The molecule has 4 rings (SSSR count). The molecule has 2 aliphatic heterocycles. The molecular weight excluding hydrogens is 645 g/mol. The number of rotatable bonds is 19. The molecule has 2 fully saturated rings. The lowest BCUT2D eigenvalue weighted by atomic mass is 10.1. The monoisotopic (exact) mass is 693 g/mol. The standard InChI is InChI=1S/C33H48FN5O8S/c1-3-24-19-33(24,31(43)37-48(45,46)38(2)17-12-10-8-6-4-5-7-9-11-16-29(40)41)36-30(42)28-18-25(20-35-28)47-32(44)39-21-23-14-13-15-27(34)26(23)22-39/h3,13-15,24-25,28,35H,1,4-12,16-22H2,2H3,(H,36,42)(H,37,43)(H,40,41)/t24-,25-,28-,33+/m1/s1. The normalized spacial score (nSPS) is 23.1. The number of aliphatic carboxylic acids is 1. The van der Waals surface area contributed by atoms with Crippen LogP contribution in [0.25, 0.3) is 0 Å². The Kier molecular flexibility index (Phi) is 13.0. The van der Waals surface area contributed by atoms with E-state index in [1.54, 1.807) is 12.1 Å². The first-order valence-corrected chi connectivity index (χ1v) is 18.2. The third kappa shape index (κ3) is 9.75. The molecule has 0 aromatic heterocycles. The summed E-state index contributed by atoms with van der Waals surface area (Å²) in [6, 6.07) is 3.92. The predicted octanol–water partition coefficient (Wildman–Crippen LogP) is 3.35. The summed E-state index contributed by atoms with van der Waals surface area (Å²) < 4.78 is 48.8. The van der Waals surface area contributed by atoms with Crippen molar-refractivity contribution in [2.24, 2.45) is 5.92 Å². The van der Waals surface area contributed by atoms with Crippen LogP contribution in [-0.2, 0) is 42.4 Å². The predicted molar refractivity (Wildman–Crippen MR) is 175 cm³/mol. The van der Waals surface area contributed by atoms with Crippen molar-refractivity contribution in [2.75, 3.05) is 20.1 Å². The Morgan fingerprint density at radius 2 is 1.77 bits per heavy atom. The summed E-state index contributed by atoms with van der Waals surface area (Å²) in [5, 5.41) is 14.4. The summed E-state index contributed by atoms with van der Waals surface area (Å²) in [5.74, 6) is -2.94. The van der Waals surface area contributed by atoms with Crippen molar-refractivity contribution in [3.63, 3.8) is 0 Å². The van der Waals surface area contributed by atoms with Gasteiger partial charge < -0.3 is 20.5 Å². The van der Waals surface area contributed by atoms with Gasteiger partial charge in [0.05, 0.1) is 12.6 Å². The van der Waals surface area contributed by atoms with Crippen molar-refractivity contribution in [3.05, 3.63) is 47.8 Å².